The second-order valence-corrected chi connectivity index (χ2v) is 9.19. The van der Waals surface area contributed by atoms with Crippen LogP contribution in [0.1, 0.15) is 76.5 Å². The molecule has 3 rings (SSSR count). The maximum Gasteiger partial charge on any atom is 0.222 e. The third kappa shape index (κ3) is 5.72. The van der Waals surface area contributed by atoms with Crippen LogP contribution in [-0.4, -0.2) is 29.6 Å². The van der Waals surface area contributed by atoms with E-state index in [2.05, 4.69) is 80.3 Å². The van der Waals surface area contributed by atoms with Crippen LogP contribution >= 0.6 is 0 Å². The molecule has 0 aromatic heterocycles. The first-order chi connectivity index (χ1) is 14.4. The van der Waals surface area contributed by atoms with Crippen molar-refractivity contribution in [2.75, 3.05) is 13.2 Å². The average Bonchev–Trinajstić information content (AvgIpc) is 2.76. The van der Waals surface area contributed by atoms with Crippen molar-refractivity contribution in [3.05, 3.63) is 71.8 Å². The quantitative estimate of drug-likeness (QED) is 0.509. The van der Waals surface area contributed by atoms with Crippen LogP contribution in [-0.2, 0) is 9.53 Å². The molecule has 2 aromatic rings. The Labute approximate surface area is 182 Å². The van der Waals surface area contributed by atoms with Gasteiger partial charge in [-0.05, 0) is 63.0 Å². The van der Waals surface area contributed by atoms with E-state index in [0.717, 1.165) is 32.4 Å². The van der Waals surface area contributed by atoms with E-state index in [-0.39, 0.29) is 17.6 Å². The Kier molecular flexibility index (Phi) is 7.71. The minimum atomic E-state index is -0.0772. The van der Waals surface area contributed by atoms with Gasteiger partial charge in [0, 0.05) is 19.6 Å². The molecule has 3 heteroatoms. The fraction of sp³-hybridized carbons (Fsp3) is 0.519. The molecule has 1 heterocycles. The standard InChI is InChI=1S/C27H37NO2/c1-5-26(29)28(21(2)22-12-8-6-9-13-22)18-16-25(23-14-10-7-11-15-23)24-17-19-30-27(3,4)20-24/h6-15,21,24-25H,5,16-20H2,1-4H3/t21-,24+,25+/m1/s1. The zero-order valence-electron chi connectivity index (χ0n) is 19.0. The molecule has 162 valence electrons. The summed E-state index contributed by atoms with van der Waals surface area (Å²) in [5, 5.41) is 0. The normalized spacial score (nSPS) is 20.3. The van der Waals surface area contributed by atoms with Crippen molar-refractivity contribution in [1.82, 2.24) is 4.90 Å². The van der Waals surface area contributed by atoms with Gasteiger partial charge in [-0.1, -0.05) is 67.6 Å². The van der Waals surface area contributed by atoms with E-state index in [4.69, 9.17) is 4.74 Å². The number of hydrogen-bond acceptors (Lipinski definition) is 2. The number of carbonyl (C=O) groups is 1. The average molecular weight is 408 g/mol. The highest BCUT2D eigenvalue weighted by Gasteiger charge is 2.34. The molecule has 3 atom stereocenters. The summed E-state index contributed by atoms with van der Waals surface area (Å²) in [6, 6.07) is 21.3. The van der Waals surface area contributed by atoms with Gasteiger partial charge >= 0.3 is 0 Å². The van der Waals surface area contributed by atoms with Gasteiger partial charge < -0.3 is 9.64 Å². The van der Waals surface area contributed by atoms with Gasteiger partial charge in [0.1, 0.15) is 0 Å². The first-order valence-corrected chi connectivity index (χ1v) is 11.4. The van der Waals surface area contributed by atoms with Gasteiger partial charge in [-0.3, -0.25) is 4.79 Å². The summed E-state index contributed by atoms with van der Waals surface area (Å²) in [6.45, 7) is 10.1. The van der Waals surface area contributed by atoms with Crippen LogP contribution in [0.15, 0.2) is 60.7 Å². The summed E-state index contributed by atoms with van der Waals surface area (Å²) in [5.41, 5.74) is 2.51. The molecule has 0 radical (unpaired) electrons. The smallest absolute Gasteiger partial charge is 0.222 e. The summed E-state index contributed by atoms with van der Waals surface area (Å²) in [7, 11) is 0. The summed E-state index contributed by atoms with van der Waals surface area (Å²) in [5.74, 6) is 1.23. The van der Waals surface area contributed by atoms with Crippen LogP contribution in [0.25, 0.3) is 0 Å². The largest absolute Gasteiger partial charge is 0.376 e. The Balaban J connectivity index is 1.81. The van der Waals surface area contributed by atoms with Gasteiger partial charge in [0.2, 0.25) is 5.91 Å². The van der Waals surface area contributed by atoms with Gasteiger partial charge in [0.25, 0.3) is 0 Å². The number of ether oxygens (including phenoxy) is 1. The summed E-state index contributed by atoms with van der Waals surface area (Å²) < 4.78 is 5.99. The molecule has 0 spiro atoms. The van der Waals surface area contributed by atoms with E-state index >= 15 is 0 Å². The van der Waals surface area contributed by atoms with Crippen molar-refractivity contribution in [2.45, 2.75) is 70.9 Å². The molecule has 0 aliphatic carbocycles. The Morgan fingerprint density at radius 1 is 1.07 bits per heavy atom. The highest BCUT2D eigenvalue weighted by molar-refractivity contribution is 5.76. The summed E-state index contributed by atoms with van der Waals surface area (Å²) in [6.07, 6.45) is 3.66. The lowest BCUT2D eigenvalue weighted by molar-refractivity contribution is -0.133. The molecule has 0 bridgehead atoms. The lowest BCUT2D eigenvalue weighted by Gasteiger charge is -2.40. The van der Waals surface area contributed by atoms with E-state index < -0.39 is 0 Å². The first-order valence-electron chi connectivity index (χ1n) is 11.4. The molecule has 0 saturated carbocycles. The Bertz CT molecular complexity index is 787. The highest BCUT2D eigenvalue weighted by Crippen LogP contribution is 2.40. The molecule has 1 saturated heterocycles. The number of hydrogen-bond donors (Lipinski definition) is 0. The minimum absolute atomic E-state index is 0.0772. The van der Waals surface area contributed by atoms with Crippen molar-refractivity contribution in [3.63, 3.8) is 0 Å². The number of nitrogens with zero attached hydrogens (tertiary/aromatic N) is 1. The first kappa shape index (κ1) is 22.6. The minimum Gasteiger partial charge on any atom is -0.376 e. The molecule has 0 N–H and O–H groups in total. The highest BCUT2D eigenvalue weighted by atomic mass is 16.5. The van der Waals surface area contributed by atoms with E-state index in [1.807, 2.05) is 13.0 Å². The van der Waals surface area contributed by atoms with Gasteiger partial charge in [0.15, 0.2) is 0 Å². The van der Waals surface area contributed by atoms with Gasteiger partial charge in [-0.25, -0.2) is 0 Å². The SMILES string of the molecule is CCC(=O)N(CC[C@@H](c1ccccc1)[C@H]1CCOC(C)(C)C1)[C@H](C)c1ccccc1. The Hall–Kier alpha value is -2.13. The summed E-state index contributed by atoms with van der Waals surface area (Å²) >= 11 is 0. The third-order valence-corrected chi connectivity index (χ3v) is 6.59. The molecule has 3 nitrogen and oxygen atoms in total. The van der Waals surface area contributed by atoms with E-state index in [0.29, 0.717) is 18.3 Å². The molecule has 30 heavy (non-hydrogen) atoms. The van der Waals surface area contributed by atoms with Crippen LogP contribution in [0, 0.1) is 5.92 Å². The predicted molar refractivity (Wildman–Crippen MR) is 123 cm³/mol. The van der Waals surface area contributed by atoms with Crippen LogP contribution < -0.4 is 0 Å². The maximum absolute atomic E-state index is 12.9. The topological polar surface area (TPSA) is 29.5 Å². The molecule has 1 fully saturated rings. The van der Waals surface area contributed by atoms with Gasteiger partial charge in [-0.2, -0.15) is 0 Å². The molecule has 2 aromatic carbocycles. The van der Waals surface area contributed by atoms with E-state index in [9.17, 15) is 4.79 Å². The zero-order valence-corrected chi connectivity index (χ0v) is 19.0. The van der Waals surface area contributed by atoms with Crippen molar-refractivity contribution >= 4 is 5.91 Å². The van der Waals surface area contributed by atoms with Gasteiger partial charge in [-0.15, -0.1) is 0 Å². The molecule has 1 aliphatic heterocycles. The number of benzene rings is 2. The predicted octanol–water partition coefficient (Wildman–Crippen LogP) is 6.37. The second-order valence-electron chi connectivity index (χ2n) is 9.19. The van der Waals surface area contributed by atoms with Crippen molar-refractivity contribution < 1.29 is 9.53 Å². The maximum atomic E-state index is 12.9. The van der Waals surface area contributed by atoms with E-state index in [1.165, 1.54) is 11.1 Å². The summed E-state index contributed by atoms with van der Waals surface area (Å²) in [4.78, 5) is 14.9. The number of carbonyl (C=O) groups excluding carboxylic acids is 1. The number of amides is 1. The van der Waals surface area contributed by atoms with Crippen LogP contribution in [0.2, 0.25) is 0 Å². The lowest BCUT2D eigenvalue weighted by atomic mass is 9.75. The molecule has 1 aliphatic rings. The monoisotopic (exact) mass is 407 g/mol. The molecule has 1 amide bonds. The zero-order chi connectivity index (χ0) is 21.6. The van der Waals surface area contributed by atoms with Crippen LogP contribution in [0.5, 0.6) is 0 Å². The second kappa shape index (κ2) is 10.3. The van der Waals surface area contributed by atoms with E-state index in [1.54, 1.807) is 0 Å². The fourth-order valence-electron chi connectivity index (χ4n) is 4.92. The van der Waals surface area contributed by atoms with Crippen molar-refractivity contribution in [1.29, 1.82) is 0 Å². The molecular formula is C27H37NO2. The lowest BCUT2D eigenvalue weighted by Crippen LogP contribution is -2.38. The van der Waals surface area contributed by atoms with Crippen LogP contribution in [0.3, 0.4) is 0 Å². The fourth-order valence-corrected chi connectivity index (χ4v) is 4.92. The molecular weight excluding hydrogens is 370 g/mol. The Morgan fingerprint density at radius 2 is 1.67 bits per heavy atom. The molecule has 0 unspecified atom stereocenters. The van der Waals surface area contributed by atoms with Crippen molar-refractivity contribution in [3.8, 4) is 0 Å². The van der Waals surface area contributed by atoms with Gasteiger partial charge in [0.05, 0.1) is 11.6 Å². The number of rotatable bonds is 8. The third-order valence-electron chi connectivity index (χ3n) is 6.59. The van der Waals surface area contributed by atoms with Crippen molar-refractivity contribution in [2.24, 2.45) is 5.92 Å². The van der Waals surface area contributed by atoms with Crippen LogP contribution in [0.4, 0.5) is 0 Å². The Morgan fingerprint density at radius 3 is 2.23 bits per heavy atom.